The molecule has 4 atom stereocenters. The number of hydrogen-bond donors (Lipinski definition) is 2. The number of nitrogens with one attached hydrogen (secondary N) is 2. The molecule has 17 heavy (non-hydrogen) atoms. The van der Waals surface area contributed by atoms with E-state index in [1.165, 1.54) is 25.7 Å². The first-order chi connectivity index (χ1) is 8.33. The smallest absolute Gasteiger partial charge is 0.224 e. The Balaban J connectivity index is 1.43. The van der Waals surface area contributed by atoms with Crippen LogP contribution in [0.25, 0.3) is 0 Å². The van der Waals surface area contributed by atoms with Crippen molar-refractivity contribution in [1.82, 2.24) is 10.6 Å². The van der Waals surface area contributed by atoms with Crippen molar-refractivity contribution < 1.29 is 4.79 Å². The molecule has 96 valence electrons. The Hall–Kier alpha value is -0.570. The molecular formula is C14H24N2O. The fraction of sp³-hybridized carbons (Fsp3) is 0.929. The van der Waals surface area contributed by atoms with Gasteiger partial charge in [0.1, 0.15) is 0 Å². The minimum absolute atomic E-state index is 0.224. The molecule has 2 saturated carbocycles. The molecule has 0 aromatic carbocycles. The van der Waals surface area contributed by atoms with Crippen molar-refractivity contribution >= 4 is 5.91 Å². The molecule has 3 rings (SSSR count). The third-order valence-corrected chi connectivity index (χ3v) is 5.09. The van der Waals surface area contributed by atoms with Crippen LogP contribution in [0.5, 0.6) is 0 Å². The normalized spacial score (nSPS) is 40.5. The van der Waals surface area contributed by atoms with Crippen LogP contribution in [0, 0.1) is 23.7 Å². The lowest BCUT2D eigenvalue weighted by Crippen LogP contribution is -2.42. The van der Waals surface area contributed by atoms with Crippen molar-refractivity contribution in [3.63, 3.8) is 0 Å². The maximum atomic E-state index is 12.0. The van der Waals surface area contributed by atoms with Crippen molar-refractivity contribution in [3.8, 4) is 0 Å². The van der Waals surface area contributed by atoms with E-state index in [0.29, 0.717) is 5.91 Å². The first-order valence-corrected chi connectivity index (χ1v) is 7.31. The molecule has 1 heterocycles. The highest BCUT2D eigenvalue weighted by atomic mass is 16.1. The highest BCUT2D eigenvalue weighted by Crippen LogP contribution is 2.47. The van der Waals surface area contributed by atoms with Crippen LogP contribution in [0.1, 0.15) is 38.5 Å². The second kappa shape index (κ2) is 4.97. The molecule has 3 nitrogen and oxygen atoms in total. The van der Waals surface area contributed by atoms with Gasteiger partial charge in [0, 0.05) is 13.1 Å². The van der Waals surface area contributed by atoms with E-state index >= 15 is 0 Å². The predicted molar refractivity (Wildman–Crippen MR) is 67.5 cm³/mol. The predicted octanol–water partition coefficient (Wildman–Crippen LogP) is 1.54. The summed E-state index contributed by atoms with van der Waals surface area (Å²) in [6, 6.07) is 0. The summed E-state index contributed by atoms with van der Waals surface area (Å²) >= 11 is 0. The van der Waals surface area contributed by atoms with Gasteiger partial charge in [-0.3, -0.25) is 4.79 Å². The Morgan fingerprint density at radius 1 is 1.24 bits per heavy atom. The second-order valence-corrected chi connectivity index (χ2v) is 6.22. The molecule has 1 aliphatic heterocycles. The molecule has 3 aliphatic rings. The molecule has 0 aromatic rings. The molecule has 0 spiro atoms. The lowest BCUT2D eigenvalue weighted by Gasteiger charge is -2.25. The van der Waals surface area contributed by atoms with Crippen molar-refractivity contribution in [1.29, 1.82) is 0 Å². The minimum atomic E-state index is 0.224. The van der Waals surface area contributed by atoms with E-state index in [1.54, 1.807) is 0 Å². The van der Waals surface area contributed by atoms with E-state index in [1.807, 2.05) is 0 Å². The van der Waals surface area contributed by atoms with Gasteiger partial charge < -0.3 is 10.6 Å². The number of carbonyl (C=O) groups is 1. The van der Waals surface area contributed by atoms with Crippen LogP contribution < -0.4 is 10.6 Å². The summed E-state index contributed by atoms with van der Waals surface area (Å²) in [7, 11) is 0. The second-order valence-electron chi connectivity index (χ2n) is 6.22. The molecule has 0 aromatic heterocycles. The van der Waals surface area contributed by atoms with Gasteiger partial charge in [-0.2, -0.15) is 0 Å². The average molecular weight is 236 g/mol. The quantitative estimate of drug-likeness (QED) is 0.780. The molecule has 3 fully saturated rings. The van der Waals surface area contributed by atoms with Gasteiger partial charge in [0.2, 0.25) is 5.91 Å². The lowest BCUT2D eigenvalue weighted by atomic mass is 9.88. The van der Waals surface area contributed by atoms with E-state index in [0.717, 1.165) is 50.2 Å². The molecule has 2 aliphatic carbocycles. The van der Waals surface area contributed by atoms with Gasteiger partial charge in [0.05, 0.1) is 5.92 Å². The Bertz CT molecular complexity index is 286. The number of hydrogen-bond acceptors (Lipinski definition) is 2. The van der Waals surface area contributed by atoms with Crippen LogP contribution in [0.3, 0.4) is 0 Å². The first-order valence-electron chi connectivity index (χ1n) is 7.31. The van der Waals surface area contributed by atoms with Gasteiger partial charge in [0.25, 0.3) is 0 Å². The largest absolute Gasteiger partial charge is 0.356 e. The van der Waals surface area contributed by atoms with E-state index in [2.05, 4.69) is 10.6 Å². The fourth-order valence-corrected chi connectivity index (χ4v) is 4.08. The highest BCUT2D eigenvalue weighted by Gasteiger charge is 2.39. The molecule has 1 amide bonds. The zero-order valence-corrected chi connectivity index (χ0v) is 10.6. The summed E-state index contributed by atoms with van der Waals surface area (Å²) < 4.78 is 0. The number of rotatable bonds is 3. The number of amides is 1. The summed E-state index contributed by atoms with van der Waals surface area (Å²) in [5, 5.41) is 6.51. The third-order valence-electron chi connectivity index (χ3n) is 5.09. The molecule has 3 unspecified atom stereocenters. The summed E-state index contributed by atoms with van der Waals surface area (Å²) in [5.41, 5.74) is 0. The van der Waals surface area contributed by atoms with Crippen LogP contribution >= 0.6 is 0 Å². The van der Waals surface area contributed by atoms with Crippen LogP contribution in [0.2, 0.25) is 0 Å². The van der Waals surface area contributed by atoms with Gasteiger partial charge in [-0.15, -0.1) is 0 Å². The monoisotopic (exact) mass is 236 g/mol. The van der Waals surface area contributed by atoms with Crippen LogP contribution in [-0.4, -0.2) is 25.5 Å². The zero-order valence-electron chi connectivity index (χ0n) is 10.6. The van der Waals surface area contributed by atoms with Gasteiger partial charge in [-0.1, -0.05) is 6.42 Å². The standard InChI is InChI=1S/C14H24N2O/c17-14(12-2-1-5-15-8-12)16-9-13-7-10-3-4-11(13)6-10/h10-13,15H,1-9H2,(H,16,17)/t10?,11?,12-,13?/m1/s1. The molecular weight excluding hydrogens is 212 g/mol. The topological polar surface area (TPSA) is 41.1 Å². The minimum Gasteiger partial charge on any atom is -0.356 e. The Morgan fingerprint density at radius 3 is 2.82 bits per heavy atom. The van der Waals surface area contributed by atoms with Gasteiger partial charge in [0.15, 0.2) is 0 Å². The van der Waals surface area contributed by atoms with Crippen molar-refractivity contribution in [2.45, 2.75) is 38.5 Å². The van der Waals surface area contributed by atoms with Crippen LogP contribution in [0.4, 0.5) is 0 Å². The van der Waals surface area contributed by atoms with E-state index in [9.17, 15) is 4.79 Å². The van der Waals surface area contributed by atoms with Crippen LogP contribution in [-0.2, 0) is 4.79 Å². The van der Waals surface area contributed by atoms with E-state index in [-0.39, 0.29) is 5.92 Å². The van der Waals surface area contributed by atoms with Crippen LogP contribution in [0.15, 0.2) is 0 Å². The summed E-state index contributed by atoms with van der Waals surface area (Å²) in [5.74, 6) is 3.21. The first kappa shape index (κ1) is 11.5. The van der Waals surface area contributed by atoms with Crippen molar-refractivity contribution in [3.05, 3.63) is 0 Å². The highest BCUT2D eigenvalue weighted by molar-refractivity contribution is 5.78. The SMILES string of the molecule is O=C(NCC1CC2CCC1C2)[C@@H]1CCCNC1. The van der Waals surface area contributed by atoms with E-state index < -0.39 is 0 Å². The Labute approximate surface area is 104 Å². The maximum Gasteiger partial charge on any atom is 0.224 e. The molecule has 2 N–H and O–H groups in total. The van der Waals surface area contributed by atoms with Crippen molar-refractivity contribution in [2.75, 3.05) is 19.6 Å². The number of piperidine rings is 1. The average Bonchev–Trinajstić information content (AvgIpc) is 2.99. The third kappa shape index (κ3) is 2.49. The number of fused-ring (bicyclic) bond motifs is 2. The zero-order chi connectivity index (χ0) is 11.7. The van der Waals surface area contributed by atoms with Gasteiger partial charge in [-0.25, -0.2) is 0 Å². The molecule has 1 saturated heterocycles. The van der Waals surface area contributed by atoms with Gasteiger partial charge >= 0.3 is 0 Å². The molecule has 0 radical (unpaired) electrons. The summed E-state index contributed by atoms with van der Waals surface area (Å²) in [6.07, 6.45) is 7.87. The number of carbonyl (C=O) groups excluding carboxylic acids is 1. The molecule has 2 bridgehead atoms. The van der Waals surface area contributed by atoms with Crippen molar-refractivity contribution in [2.24, 2.45) is 23.7 Å². The Kier molecular flexibility index (Phi) is 3.37. The summed E-state index contributed by atoms with van der Waals surface area (Å²) in [4.78, 5) is 12.0. The van der Waals surface area contributed by atoms with E-state index in [4.69, 9.17) is 0 Å². The molecule has 3 heteroatoms. The Morgan fingerprint density at radius 2 is 2.18 bits per heavy atom. The summed E-state index contributed by atoms with van der Waals surface area (Å²) in [6.45, 7) is 2.90. The lowest BCUT2D eigenvalue weighted by molar-refractivity contribution is -0.125. The maximum absolute atomic E-state index is 12.0. The van der Waals surface area contributed by atoms with Gasteiger partial charge in [-0.05, 0) is 56.4 Å². The fourth-order valence-electron chi connectivity index (χ4n) is 4.08.